The van der Waals surface area contributed by atoms with Gasteiger partial charge in [-0.05, 0) is 37.2 Å². The lowest BCUT2D eigenvalue weighted by atomic mass is 10.0. The van der Waals surface area contributed by atoms with Crippen molar-refractivity contribution in [3.05, 3.63) is 35.9 Å². The summed E-state index contributed by atoms with van der Waals surface area (Å²) in [5, 5.41) is 13.0. The maximum Gasteiger partial charge on any atom is 0.220 e. The van der Waals surface area contributed by atoms with E-state index in [0.29, 0.717) is 31.7 Å². The van der Waals surface area contributed by atoms with Crippen molar-refractivity contribution in [2.24, 2.45) is 5.92 Å². The van der Waals surface area contributed by atoms with Gasteiger partial charge in [-0.25, -0.2) is 0 Å². The molecule has 1 fully saturated rings. The molecule has 0 aliphatic carbocycles. The van der Waals surface area contributed by atoms with E-state index in [1.54, 1.807) is 0 Å². The van der Waals surface area contributed by atoms with Crippen LogP contribution in [-0.2, 0) is 9.53 Å². The average molecular weight is 291 g/mol. The lowest BCUT2D eigenvalue weighted by molar-refractivity contribution is -0.121. The second-order valence-electron chi connectivity index (χ2n) is 5.71. The summed E-state index contributed by atoms with van der Waals surface area (Å²) in [6, 6.07) is 9.58. The van der Waals surface area contributed by atoms with Crippen molar-refractivity contribution >= 4 is 5.91 Å². The molecular weight excluding hydrogens is 266 g/mol. The van der Waals surface area contributed by atoms with Crippen LogP contribution in [0, 0.1) is 5.92 Å². The third kappa shape index (κ3) is 5.86. The molecule has 0 aromatic heterocycles. The Labute approximate surface area is 126 Å². The summed E-state index contributed by atoms with van der Waals surface area (Å²) in [6.07, 6.45) is 3.52. The average Bonchev–Trinajstić information content (AvgIpc) is 2.54. The topological polar surface area (TPSA) is 58.6 Å². The summed E-state index contributed by atoms with van der Waals surface area (Å²) in [7, 11) is 0. The van der Waals surface area contributed by atoms with Gasteiger partial charge in [-0.3, -0.25) is 4.79 Å². The number of hydrogen-bond acceptors (Lipinski definition) is 3. The van der Waals surface area contributed by atoms with Crippen LogP contribution in [0.5, 0.6) is 0 Å². The Hall–Kier alpha value is -1.39. The van der Waals surface area contributed by atoms with Crippen LogP contribution in [0.25, 0.3) is 0 Å². The molecule has 0 saturated carbocycles. The van der Waals surface area contributed by atoms with Gasteiger partial charge in [0.25, 0.3) is 0 Å². The highest BCUT2D eigenvalue weighted by atomic mass is 16.5. The first-order valence-electron chi connectivity index (χ1n) is 7.83. The Balaban J connectivity index is 1.58. The zero-order valence-electron chi connectivity index (χ0n) is 12.5. The van der Waals surface area contributed by atoms with Gasteiger partial charge in [-0.2, -0.15) is 0 Å². The van der Waals surface area contributed by atoms with Crippen LogP contribution >= 0.6 is 0 Å². The number of ether oxygens (including phenoxy) is 1. The van der Waals surface area contributed by atoms with E-state index in [1.807, 2.05) is 30.3 Å². The first-order chi connectivity index (χ1) is 10.3. The van der Waals surface area contributed by atoms with Crippen LogP contribution in [0.1, 0.15) is 43.8 Å². The standard InChI is InChI=1S/C17H25NO3/c19-16(15-7-2-1-3-8-15)9-4-10-17(20)18-12-14-6-5-11-21-13-14/h1-3,7-8,14,16,19H,4-6,9-13H2,(H,18,20). The van der Waals surface area contributed by atoms with Crippen LogP contribution in [0.4, 0.5) is 0 Å². The summed E-state index contributed by atoms with van der Waals surface area (Å²) < 4.78 is 5.39. The Morgan fingerprint density at radius 3 is 2.90 bits per heavy atom. The van der Waals surface area contributed by atoms with Gasteiger partial charge in [0.05, 0.1) is 12.7 Å². The number of carbonyl (C=O) groups is 1. The molecule has 1 saturated heterocycles. The molecule has 1 amide bonds. The van der Waals surface area contributed by atoms with Crippen LogP contribution in [0.2, 0.25) is 0 Å². The lowest BCUT2D eigenvalue weighted by Crippen LogP contribution is -2.33. The van der Waals surface area contributed by atoms with E-state index in [-0.39, 0.29) is 5.91 Å². The van der Waals surface area contributed by atoms with Gasteiger partial charge >= 0.3 is 0 Å². The molecule has 116 valence electrons. The highest BCUT2D eigenvalue weighted by molar-refractivity contribution is 5.75. The number of aliphatic hydroxyl groups excluding tert-OH is 1. The van der Waals surface area contributed by atoms with Crippen LogP contribution in [-0.4, -0.2) is 30.8 Å². The van der Waals surface area contributed by atoms with Gasteiger partial charge in [-0.15, -0.1) is 0 Å². The quantitative estimate of drug-likeness (QED) is 0.811. The van der Waals surface area contributed by atoms with E-state index in [4.69, 9.17) is 4.74 Å². The van der Waals surface area contributed by atoms with E-state index in [2.05, 4.69) is 5.32 Å². The predicted molar refractivity (Wildman–Crippen MR) is 81.8 cm³/mol. The number of carbonyl (C=O) groups excluding carboxylic acids is 1. The Kier molecular flexibility index (Phi) is 6.70. The maximum absolute atomic E-state index is 11.8. The molecule has 4 nitrogen and oxygen atoms in total. The largest absolute Gasteiger partial charge is 0.388 e. The lowest BCUT2D eigenvalue weighted by Gasteiger charge is -2.22. The Morgan fingerprint density at radius 2 is 2.19 bits per heavy atom. The second kappa shape index (κ2) is 8.80. The molecule has 1 aromatic rings. The smallest absolute Gasteiger partial charge is 0.220 e. The first-order valence-corrected chi connectivity index (χ1v) is 7.83. The molecular formula is C17H25NO3. The highest BCUT2D eigenvalue weighted by Gasteiger charge is 2.15. The Morgan fingerprint density at radius 1 is 1.38 bits per heavy atom. The van der Waals surface area contributed by atoms with Crippen molar-refractivity contribution in [1.82, 2.24) is 5.32 Å². The molecule has 21 heavy (non-hydrogen) atoms. The van der Waals surface area contributed by atoms with E-state index in [1.165, 1.54) is 0 Å². The van der Waals surface area contributed by atoms with Crippen molar-refractivity contribution < 1.29 is 14.6 Å². The normalized spacial score (nSPS) is 20.0. The summed E-state index contributed by atoms with van der Waals surface area (Å²) in [4.78, 5) is 11.8. The zero-order valence-corrected chi connectivity index (χ0v) is 12.5. The minimum atomic E-state index is -0.481. The minimum Gasteiger partial charge on any atom is -0.388 e. The van der Waals surface area contributed by atoms with E-state index < -0.39 is 6.10 Å². The summed E-state index contributed by atoms with van der Waals surface area (Å²) in [5.74, 6) is 0.526. The molecule has 0 spiro atoms. The first kappa shape index (κ1) is 16.0. The molecule has 0 bridgehead atoms. The molecule has 1 aliphatic rings. The van der Waals surface area contributed by atoms with Crippen LogP contribution < -0.4 is 5.32 Å². The van der Waals surface area contributed by atoms with Gasteiger partial charge in [0.1, 0.15) is 0 Å². The number of benzene rings is 1. The fourth-order valence-electron chi connectivity index (χ4n) is 2.61. The number of rotatable bonds is 7. The van der Waals surface area contributed by atoms with Gasteiger partial charge in [0, 0.05) is 19.6 Å². The number of amides is 1. The third-order valence-electron chi connectivity index (χ3n) is 3.91. The molecule has 1 aromatic carbocycles. The summed E-state index contributed by atoms with van der Waals surface area (Å²) in [5.41, 5.74) is 0.914. The molecule has 1 aliphatic heterocycles. The molecule has 2 atom stereocenters. The molecule has 2 rings (SSSR count). The molecule has 2 N–H and O–H groups in total. The van der Waals surface area contributed by atoms with Crippen LogP contribution in [0.3, 0.4) is 0 Å². The molecule has 4 heteroatoms. The minimum absolute atomic E-state index is 0.0702. The SMILES string of the molecule is O=C(CCCC(O)c1ccccc1)NCC1CCCOC1. The monoisotopic (exact) mass is 291 g/mol. The maximum atomic E-state index is 11.8. The zero-order chi connectivity index (χ0) is 14.9. The van der Waals surface area contributed by atoms with Crippen molar-refractivity contribution in [2.45, 2.75) is 38.2 Å². The van der Waals surface area contributed by atoms with E-state index in [9.17, 15) is 9.90 Å². The molecule has 2 unspecified atom stereocenters. The van der Waals surface area contributed by atoms with Gasteiger partial charge in [0.2, 0.25) is 5.91 Å². The second-order valence-corrected chi connectivity index (χ2v) is 5.71. The number of hydrogen-bond donors (Lipinski definition) is 2. The predicted octanol–water partition coefficient (Wildman–Crippen LogP) is 2.43. The number of nitrogens with one attached hydrogen (secondary N) is 1. The van der Waals surface area contributed by atoms with E-state index in [0.717, 1.165) is 31.6 Å². The highest BCUT2D eigenvalue weighted by Crippen LogP contribution is 2.18. The van der Waals surface area contributed by atoms with Gasteiger partial charge < -0.3 is 15.2 Å². The fraction of sp³-hybridized carbons (Fsp3) is 0.588. The van der Waals surface area contributed by atoms with Gasteiger partial charge in [0.15, 0.2) is 0 Å². The molecule has 1 heterocycles. The number of aliphatic hydroxyl groups is 1. The van der Waals surface area contributed by atoms with Crippen LogP contribution in [0.15, 0.2) is 30.3 Å². The summed E-state index contributed by atoms with van der Waals surface area (Å²) >= 11 is 0. The Bertz CT molecular complexity index is 415. The molecule has 0 radical (unpaired) electrons. The fourth-order valence-corrected chi connectivity index (χ4v) is 2.61. The van der Waals surface area contributed by atoms with Crippen molar-refractivity contribution in [3.63, 3.8) is 0 Å². The van der Waals surface area contributed by atoms with Crippen molar-refractivity contribution in [1.29, 1.82) is 0 Å². The summed E-state index contributed by atoms with van der Waals surface area (Å²) in [6.45, 7) is 2.31. The third-order valence-corrected chi connectivity index (χ3v) is 3.91. The van der Waals surface area contributed by atoms with Crippen molar-refractivity contribution in [2.75, 3.05) is 19.8 Å². The van der Waals surface area contributed by atoms with Gasteiger partial charge in [-0.1, -0.05) is 30.3 Å². The van der Waals surface area contributed by atoms with Crippen molar-refractivity contribution in [3.8, 4) is 0 Å². The van der Waals surface area contributed by atoms with E-state index >= 15 is 0 Å².